The molecule has 6 heteroatoms. The van der Waals surface area contributed by atoms with Gasteiger partial charge in [0.15, 0.2) is 0 Å². The van der Waals surface area contributed by atoms with E-state index in [0.717, 1.165) is 37.0 Å². The first kappa shape index (κ1) is 23.1. The molecule has 0 atom stereocenters. The van der Waals surface area contributed by atoms with Crippen LogP contribution in [0.1, 0.15) is 20.3 Å². The lowest BCUT2D eigenvalue weighted by atomic mass is 10.1. The van der Waals surface area contributed by atoms with Gasteiger partial charge >= 0.3 is 0 Å². The van der Waals surface area contributed by atoms with Crippen molar-refractivity contribution in [1.82, 2.24) is 4.90 Å². The fourth-order valence-electron chi connectivity index (χ4n) is 3.93. The number of nitrogens with zero attached hydrogens (tertiary/aromatic N) is 1. The molecule has 0 aliphatic rings. The lowest BCUT2D eigenvalue weighted by Gasteiger charge is -2.17. The van der Waals surface area contributed by atoms with E-state index in [-0.39, 0.29) is 9.99 Å². The number of hydrogen-bond donors (Lipinski definition) is 0. The highest BCUT2D eigenvalue weighted by Gasteiger charge is 2.28. The number of sulfone groups is 1. The van der Waals surface area contributed by atoms with E-state index in [4.69, 9.17) is 9.15 Å². The summed E-state index contributed by atoms with van der Waals surface area (Å²) in [6, 6.07) is 23.4. The summed E-state index contributed by atoms with van der Waals surface area (Å²) < 4.78 is 38.9. The van der Waals surface area contributed by atoms with Gasteiger partial charge in [-0.3, -0.25) is 0 Å². The van der Waals surface area contributed by atoms with Crippen LogP contribution < -0.4 is 4.74 Å². The zero-order chi connectivity index (χ0) is 23.3. The molecule has 1 aromatic heterocycles. The summed E-state index contributed by atoms with van der Waals surface area (Å²) in [7, 11) is -3.87. The predicted molar refractivity (Wildman–Crippen MR) is 131 cm³/mol. The number of furan rings is 1. The summed E-state index contributed by atoms with van der Waals surface area (Å²) in [4.78, 5) is 2.52. The van der Waals surface area contributed by atoms with Gasteiger partial charge in [-0.15, -0.1) is 0 Å². The summed E-state index contributed by atoms with van der Waals surface area (Å²) >= 11 is 0. The van der Waals surface area contributed by atoms with Crippen molar-refractivity contribution in [1.29, 1.82) is 0 Å². The van der Waals surface area contributed by atoms with Crippen LogP contribution in [0.15, 0.2) is 93.3 Å². The molecule has 5 nitrogen and oxygen atoms in total. The predicted octanol–water partition coefficient (Wildman–Crippen LogP) is 6.04. The topological polar surface area (TPSA) is 59.8 Å². The third-order valence-electron chi connectivity index (χ3n) is 5.79. The smallest absolute Gasteiger partial charge is 0.240 e. The minimum atomic E-state index is -3.87. The molecule has 4 aromatic rings. The van der Waals surface area contributed by atoms with Crippen LogP contribution in [0.3, 0.4) is 0 Å². The maximum absolute atomic E-state index is 13.6. The summed E-state index contributed by atoms with van der Waals surface area (Å²) in [6.07, 6.45) is 0.918. The molecule has 0 N–H and O–H groups in total. The molecule has 4 rings (SSSR count). The Balaban J connectivity index is 1.59. The van der Waals surface area contributed by atoms with Crippen molar-refractivity contribution in [2.45, 2.75) is 30.3 Å². The Bertz CT molecular complexity index is 1290. The standard InChI is InChI=1S/C27H29NO4S/c1-3-28(4-2)19-10-20-31-22-15-17-23(18-16-22)33(29,30)27-26(21-11-6-5-7-12-21)24-13-8-9-14-25(24)32-27/h5-9,11-18H,3-4,10,19-20H2,1-2H3. The van der Waals surface area contributed by atoms with Crippen molar-refractivity contribution in [3.8, 4) is 16.9 Å². The molecule has 0 unspecified atom stereocenters. The average molecular weight is 464 g/mol. The molecule has 1 heterocycles. The minimum absolute atomic E-state index is 0.0391. The zero-order valence-electron chi connectivity index (χ0n) is 19.0. The maximum Gasteiger partial charge on any atom is 0.240 e. The van der Waals surface area contributed by atoms with Gasteiger partial charge in [-0.25, -0.2) is 8.42 Å². The van der Waals surface area contributed by atoms with Crippen molar-refractivity contribution >= 4 is 20.8 Å². The third kappa shape index (κ3) is 4.97. The second-order valence-corrected chi connectivity index (χ2v) is 9.68. The average Bonchev–Trinajstić information content (AvgIpc) is 3.26. The normalized spacial score (nSPS) is 11.8. The van der Waals surface area contributed by atoms with Gasteiger partial charge in [0.05, 0.1) is 11.5 Å². The van der Waals surface area contributed by atoms with E-state index in [0.29, 0.717) is 23.5 Å². The Morgan fingerprint density at radius 3 is 2.21 bits per heavy atom. The van der Waals surface area contributed by atoms with E-state index in [9.17, 15) is 8.42 Å². The van der Waals surface area contributed by atoms with Crippen LogP contribution >= 0.6 is 0 Å². The maximum atomic E-state index is 13.6. The number of para-hydroxylation sites is 1. The number of fused-ring (bicyclic) bond motifs is 1. The van der Waals surface area contributed by atoms with Crippen LogP contribution in [0.2, 0.25) is 0 Å². The van der Waals surface area contributed by atoms with E-state index in [1.807, 2.05) is 48.5 Å². The summed E-state index contributed by atoms with van der Waals surface area (Å²) in [5.74, 6) is 0.654. The zero-order valence-corrected chi connectivity index (χ0v) is 19.8. The van der Waals surface area contributed by atoms with Crippen molar-refractivity contribution in [2.24, 2.45) is 0 Å². The van der Waals surface area contributed by atoms with Gasteiger partial charge < -0.3 is 14.1 Å². The highest BCUT2D eigenvalue weighted by molar-refractivity contribution is 7.91. The highest BCUT2D eigenvalue weighted by Crippen LogP contribution is 2.39. The molecule has 0 spiro atoms. The van der Waals surface area contributed by atoms with Crippen LogP contribution in [0, 0.1) is 0 Å². The molecule has 0 aliphatic carbocycles. The van der Waals surface area contributed by atoms with Gasteiger partial charge in [0.2, 0.25) is 14.9 Å². The first-order valence-corrected chi connectivity index (χ1v) is 12.8. The van der Waals surface area contributed by atoms with E-state index in [1.54, 1.807) is 30.3 Å². The van der Waals surface area contributed by atoms with Gasteiger partial charge in [-0.2, -0.15) is 0 Å². The van der Waals surface area contributed by atoms with Crippen LogP contribution in [0.5, 0.6) is 5.75 Å². The molecule has 0 aliphatic heterocycles. The van der Waals surface area contributed by atoms with Gasteiger partial charge in [-0.05, 0) is 55.4 Å². The monoisotopic (exact) mass is 463 g/mol. The van der Waals surface area contributed by atoms with Crippen molar-refractivity contribution in [3.05, 3.63) is 78.9 Å². The second kappa shape index (κ2) is 10.2. The molecule has 0 saturated heterocycles. The van der Waals surface area contributed by atoms with Crippen molar-refractivity contribution < 1.29 is 17.6 Å². The Labute approximate surface area is 195 Å². The molecule has 0 radical (unpaired) electrons. The van der Waals surface area contributed by atoms with Crippen LogP contribution in [-0.4, -0.2) is 39.6 Å². The highest BCUT2D eigenvalue weighted by atomic mass is 32.2. The Hall–Kier alpha value is -3.09. The largest absolute Gasteiger partial charge is 0.494 e. The van der Waals surface area contributed by atoms with Gasteiger partial charge in [0, 0.05) is 17.5 Å². The third-order valence-corrected chi connectivity index (χ3v) is 7.45. The van der Waals surface area contributed by atoms with E-state index in [2.05, 4.69) is 18.7 Å². The minimum Gasteiger partial charge on any atom is -0.494 e. The molecule has 3 aromatic carbocycles. The Kier molecular flexibility index (Phi) is 7.16. The Morgan fingerprint density at radius 1 is 0.848 bits per heavy atom. The van der Waals surface area contributed by atoms with Gasteiger partial charge in [0.1, 0.15) is 11.3 Å². The number of ether oxygens (including phenoxy) is 1. The van der Waals surface area contributed by atoms with E-state index in [1.165, 1.54) is 0 Å². The quantitative estimate of drug-likeness (QED) is 0.268. The van der Waals surface area contributed by atoms with E-state index < -0.39 is 9.84 Å². The lowest BCUT2D eigenvalue weighted by molar-refractivity contribution is 0.249. The lowest BCUT2D eigenvalue weighted by Crippen LogP contribution is -2.25. The van der Waals surface area contributed by atoms with Gasteiger partial charge in [-0.1, -0.05) is 62.4 Å². The molecular formula is C27H29NO4S. The summed E-state index contributed by atoms with van der Waals surface area (Å²) in [5, 5.41) is 0.734. The first-order valence-electron chi connectivity index (χ1n) is 11.3. The molecule has 0 fully saturated rings. The van der Waals surface area contributed by atoms with Crippen molar-refractivity contribution in [2.75, 3.05) is 26.2 Å². The molecule has 33 heavy (non-hydrogen) atoms. The second-order valence-electron chi connectivity index (χ2n) is 7.83. The fourth-order valence-corrected chi connectivity index (χ4v) is 5.33. The first-order chi connectivity index (χ1) is 16.0. The summed E-state index contributed by atoms with van der Waals surface area (Å²) in [5.41, 5.74) is 1.93. The Morgan fingerprint density at radius 2 is 1.52 bits per heavy atom. The van der Waals surface area contributed by atoms with Gasteiger partial charge in [0.25, 0.3) is 0 Å². The van der Waals surface area contributed by atoms with Crippen LogP contribution in [-0.2, 0) is 9.84 Å². The molecule has 172 valence electrons. The fraction of sp³-hybridized carbons (Fsp3) is 0.259. The van der Waals surface area contributed by atoms with Crippen LogP contribution in [0.4, 0.5) is 0 Å². The molecule has 0 saturated carbocycles. The van der Waals surface area contributed by atoms with Crippen LogP contribution in [0.25, 0.3) is 22.1 Å². The number of benzene rings is 3. The molecule has 0 bridgehead atoms. The van der Waals surface area contributed by atoms with Crippen molar-refractivity contribution in [3.63, 3.8) is 0 Å². The number of hydrogen-bond acceptors (Lipinski definition) is 5. The summed E-state index contributed by atoms with van der Waals surface area (Å²) in [6.45, 7) is 7.91. The molecule has 0 amide bonds. The van der Waals surface area contributed by atoms with E-state index >= 15 is 0 Å². The number of rotatable bonds is 10. The molecular weight excluding hydrogens is 434 g/mol. The SMILES string of the molecule is CCN(CC)CCCOc1ccc(S(=O)(=O)c2oc3ccccc3c2-c2ccccc2)cc1.